The van der Waals surface area contributed by atoms with Gasteiger partial charge < -0.3 is 5.32 Å². The van der Waals surface area contributed by atoms with Crippen LogP contribution in [0.3, 0.4) is 0 Å². The minimum atomic E-state index is -4.15. The maximum absolute atomic E-state index is 13.5. The van der Waals surface area contributed by atoms with Gasteiger partial charge in [0.15, 0.2) is 0 Å². The molecule has 2 aromatic carbocycles. The number of para-hydroxylation sites is 1. The quantitative estimate of drug-likeness (QED) is 0.553. The Morgan fingerprint density at radius 3 is 2.48 bits per heavy atom. The molecule has 8 nitrogen and oxygen atoms in total. The van der Waals surface area contributed by atoms with Crippen LogP contribution in [0.5, 0.6) is 0 Å². The third-order valence-corrected chi connectivity index (χ3v) is 8.01. The number of nitrogens with zero attached hydrogens (tertiary/aromatic N) is 3. The smallest absolute Gasteiger partial charge is 0.296 e. The molecule has 1 amide bonds. The first-order chi connectivity index (χ1) is 15.6. The number of hydrogen-bond donors (Lipinski definition) is 1. The molecule has 0 unspecified atom stereocenters. The van der Waals surface area contributed by atoms with E-state index in [0.717, 1.165) is 17.1 Å². The summed E-state index contributed by atoms with van der Waals surface area (Å²) in [7, 11) is -1.12. The predicted molar refractivity (Wildman–Crippen MR) is 128 cm³/mol. The Morgan fingerprint density at radius 2 is 1.85 bits per heavy atom. The Balaban J connectivity index is 1.72. The highest BCUT2D eigenvalue weighted by Crippen LogP contribution is 2.29. The lowest BCUT2D eigenvalue weighted by Crippen LogP contribution is -2.32. The van der Waals surface area contributed by atoms with E-state index in [0.29, 0.717) is 23.8 Å². The number of benzene rings is 2. The fourth-order valence-corrected chi connectivity index (χ4v) is 5.17. The summed E-state index contributed by atoms with van der Waals surface area (Å²) in [4.78, 5) is 25.7. The van der Waals surface area contributed by atoms with Gasteiger partial charge in [-0.05, 0) is 56.0 Å². The zero-order chi connectivity index (χ0) is 23.9. The van der Waals surface area contributed by atoms with Crippen LogP contribution in [0.2, 0.25) is 5.02 Å². The second-order valence-electron chi connectivity index (χ2n) is 8.18. The van der Waals surface area contributed by atoms with E-state index in [9.17, 15) is 18.0 Å². The summed E-state index contributed by atoms with van der Waals surface area (Å²) in [5.74, 6) is 0.0487. The number of sulfonamides is 1. The van der Waals surface area contributed by atoms with Gasteiger partial charge in [-0.25, -0.2) is 13.1 Å². The lowest BCUT2D eigenvalue weighted by molar-refractivity contribution is 0.0951. The van der Waals surface area contributed by atoms with Crippen molar-refractivity contribution in [1.82, 2.24) is 14.7 Å². The molecule has 0 saturated heterocycles. The average Bonchev–Trinajstić information content (AvgIpc) is 3.59. The first kappa shape index (κ1) is 23.1. The van der Waals surface area contributed by atoms with Crippen LogP contribution in [0, 0.1) is 12.8 Å². The van der Waals surface area contributed by atoms with E-state index in [2.05, 4.69) is 5.32 Å². The van der Waals surface area contributed by atoms with Crippen LogP contribution in [0.1, 0.15) is 28.9 Å². The molecule has 1 aromatic heterocycles. The lowest BCUT2D eigenvalue weighted by Gasteiger charge is -2.19. The van der Waals surface area contributed by atoms with Crippen molar-refractivity contribution >= 4 is 33.2 Å². The summed E-state index contributed by atoms with van der Waals surface area (Å²) >= 11 is 6.19. The summed E-state index contributed by atoms with van der Waals surface area (Å²) in [6.07, 6.45) is 2.15. The Kier molecular flexibility index (Phi) is 6.11. The maximum atomic E-state index is 13.5. The molecule has 0 atom stereocenters. The highest BCUT2D eigenvalue weighted by molar-refractivity contribution is 7.92. The third kappa shape index (κ3) is 4.30. The number of rotatable bonds is 7. The van der Waals surface area contributed by atoms with Crippen molar-refractivity contribution in [3.05, 3.63) is 75.2 Å². The molecular weight excluding hydrogens is 464 g/mol. The van der Waals surface area contributed by atoms with Crippen LogP contribution in [0.15, 0.2) is 58.2 Å². The Labute approximate surface area is 197 Å². The van der Waals surface area contributed by atoms with Gasteiger partial charge >= 0.3 is 0 Å². The minimum Gasteiger partial charge on any atom is -0.352 e. The first-order valence-corrected chi connectivity index (χ1v) is 12.4. The molecular formula is C23H25ClN4O4S. The lowest BCUT2D eigenvalue weighted by atomic mass is 10.2. The number of halogens is 1. The molecule has 1 fully saturated rings. The van der Waals surface area contributed by atoms with Crippen LogP contribution in [-0.4, -0.2) is 37.3 Å². The van der Waals surface area contributed by atoms with E-state index in [-0.39, 0.29) is 21.2 Å². The van der Waals surface area contributed by atoms with Gasteiger partial charge in [-0.15, -0.1) is 0 Å². The van der Waals surface area contributed by atoms with Gasteiger partial charge in [-0.1, -0.05) is 29.8 Å². The molecule has 33 heavy (non-hydrogen) atoms. The number of hydrogen-bond acceptors (Lipinski definition) is 4. The minimum absolute atomic E-state index is 0.0241. The molecule has 1 heterocycles. The summed E-state index contributed by atoms with van der Waals surface area (Å²) in [5, 5.41) is 2.96. The summed E-state index contributed by atoms with van der Waals surface area (Å²) in [6, 6.07) is 12.9. The van der Waals surface area contributed by atoms with Crippen molar-refractivity contribution in [2.75, 3.05) is 17.9 Å². The zero-order valence-corrected chi connectivity index (χ0v) is 20.2. The Bertz CT molecular complexity index is 1380. The van der Waals surface area contributed by atoms with E-state index in [1.54, 1.807) is 42.9 Å². The number of aromatic nitrogens is 2. The molecule has 0 spiro atoms. The van der Waals surface area contributed by atoms with Crippen molar-refractivity contribution in [3.63, 3.8) is 0 Å². The Morgan fingerprint density at radius 1 is 1.18 bits per heavy atom. The van der Waals surface area contributed by atoms with Crippen LogP contribution < -0.4 is 15.2 Å². The van der Waals surface area contributed by atoms with Gasteiger partial charge in [0.2, 0.25) is 0 Å². The fourth-order valence-electron chi connectivity index (χ4n) is 3.69. The fraction of sp³-hybridized carbons (Fsp3) is 0.304. The van der Waals surface area contributed by atoms with Crippen LogP contribution in [-0.2, 0) is 17.1 Å². The third-order valence-electron chi connectivity index (χ3n) is 5.93. The van der Waals surface area contributed by atoms with Gasteiger partial charge in [-0.2, -0.15) is 0 Å². The molecule has 4 rings (SSSR count). The molecule has 1 aliphatic carbocycles. The average molecular weight is 489 g/mol. The van der Waals surface area contributed by atoms with Crippen molar-refractivity contribution < 1.29 is 13.2 Å². The highest BCUT2D eigenvalue weighted by Gasteiger charge is 2.30. The molecule has 0 bridgehead atoms. The van der Waals surface area contributed by atoms with E-state index in [1.165, 1.54) is 29.9 Å². The van der Waals surface area contributed by atoms with Gasteiger partial charge in [-0.3, -0.25) is 18.6 Å². The van der Waals surface area contributed by atoms with E-state index < -0.39 is 21.5 Å². The monoisotopic (exact) mass is 488 g/mol. The van der Waals surface area contributed by atoms with Gasteiger partial charge in [0.25, 0.3) is 21.5 Å². The Hall–Kier alpha value is -3.04. The molecule has 1 N–H and O–H groups in total. The molecule has 0 aliphatic heterocycles. The predicted octanol–water partition coefficient (Wildman–Crippen LogP) is 3.10. The molecule has 1 aliphatic rings. The topological polar surface area (TPSA) is 93.4 Å². The SMILES string of the molecule is Cc1c(N(C)S(=O)(=O)c2ccc(Cl)c(C(=O)NCC3CC3)c2)c(=O)n(-c2ccccc2)n1C. The maximum Gasteiger partial charge on any atom is 0.296 e. The largest absolute Gasteiger partial charge is 0.352 e. The normalized spacial score (nSPS) is 13.7. The summed E-state index contributed by atoms with van der Waals surface area (Å²) < 4.78 is 30.9. The van der Waals surface area contributed by atoms with E-state index in [4.69, 9.17) is 11.6 Å². The van der Waals surface area contributed by atoms with Crippen molar-refractivity contribution in [2.24, 2.45) is 13.0 Å². The summed E-state index contributed by atoms with van der Waals surface area (Å²) in [5.41, 5.74) is 0.732. The number of anilines is 1. The van der Waals surface area contributed by atoms with Gasteiger partial charge in [0.05, 0.1) is 26.9 Å². The second-order valence-corrected chi connectivity index (χ2v) is 10.6. The number of amides is 1. The molecule has 174 valence electrons. The van der Waals surface area contributed by atoms with Crippen molar-refractivity contribution in [3.8, 4) is 5.69 Å². The number of carbonyl (C=O) groups excluding carboxylic acids is 1. The second kappa shape index (κ2) is 8.72. The first-order valence-electron chi connectivity index (χ1n) is 10.5. The number of nitrogens with one attached hydrogen (secondary N) is 1. The van der Waals surface area contributed by atoms with Gasteiger partial charge in [0.1, 0.15) is 5.69 Å². The standard InChI is InChI=1S/C23H25ClN4O4S/c1-15-21(23(30)28(26(15)2)17-7-5-4-6-8-17)27(3)33(31,32)18-11-12-20(24)19(13-18)22(29)25-14-16-9-10-16/h4-8,11-13,16H,9-10,14H2,1-3H3,(H,25,29). The summed E-state index contributed by atoms with van der Waals surface area (Å²) in [6.45, 7) is 2.22. The number of carbonyl (C=O) groups is 1. The molecule has 0 radical (unpaired) electrons. The molecule has 1 saturated carbocycles. The van der Waals surface area contributed by atoms with Crippen LogP contribution in [0.4, 0.5) is 5.69 Å². The molecule has 10 heteroatoms. The highest BCUT2D eigenvalue weighted by atomic mass is 35.5. The van der Waals surface area contributed by atoms with Crippen LogP contribution in [0.25, 0.3) is 5.69 Å². The van der Waals surface area contributed by atoms with Crippen LogP contribution >= 0.6 is 11.6 Å². The van der Waals surface area contributed by atoms with Gasteiger partial charge in [0, 0.05) is 20.6 Å². The van der Waals surface area contributed by atoms with Crippen molar-refractivity contribution in [1.29, 1.82) is 0 Å². The molecule has 3 aromatic rings. The van der Waals surface area contributed by atoms with E-state index >= 15 is 0 Å². The zero-order valence-electron chi connectivity index (χ0n) is 18.6. The van der Waals surface area contributed by atoms with Crippen molar-refractivity contribution in [2.45, 2.75) is 24.7 Å². The van der Waals surface area contributed by atoms with E-state index in [1.807, 2.05) is 6.07 Å².